The van der Waals surface area contributed by atoms with Crippen LogP contribution in [-0.2, 0) is 26.1 Å². The Morgan fingerprint density at radius 3 is 2.71 bits per heavy atom. The van der Waals surface area contributed by atoms with Gasteiger partial charge in [-0.15, -0.1) is 22.7 Å². The minimum absolute atomic E-state index is 0.178. The van der Waals surface area contributed by atoms with Gasteiger partial charge in [0.2, 0.25) is 5.91 Å². The SMILES string of the molecule is CC1CN(Cc2csc(NC(=O)C(C)NS(=O)(=O)c3cccs3)n2)CC(C)O1. The number of carbonyl (C=O) groups excluding carboxylic acids is 1. The molecule has 154 valence electrons. The first-order chi connectivity index (χ1) is 13.2. The van der Waals surface area contributed by atoms with Gasteiger partial charge in [0.1, 0.15) is 4.21 Å². The lowest BCUT2D eigenvalue weighted by Gasteiger charge is -2.34. The Morgan fingerprint density at radius 1 is 1.36 bits per heavy atom. The Bertz CT molecular complexity index is 887. The van der Waals surface area contributed by atoms with E-state index in [1.54, 1.807) is 11.4 Å². The molecule has 0 spiro atoms. The molecule has 3 heterocycles. The number of morpholine rings is 1. The lowest BCUT2D eigenvalue weighted by atomic mass is 10.2. The summed E-state index contributed by atoms with van der Waals surface area (Å²) in [6.45, 7) is 7.97. The Hall–Kier alpha value is -1.37. The van der Waals surface area contributed by atoms with Gasteiger partial charge in [-0.25, -0.2) is 13.4 Å². The number of anilines is 1. The molecule has 2 aromatic rings. The lowest BCUT2D eigenvalue weighted by Crippen LogP contribution is -2.44. The number of carbonyl (C=O) groups is 1. The van der Waals surface area contributed by atoms with Gasteiger partial charge in [-0.2, -0.15) is 4.72 Å². The molecular weight excluding hydrogens is 420 g/mol. The maximum Gasteiger partial charge on any atom is 0.250 e. The number of nitrogens with one attached hydrogen (secondary N) is 2. The third-order valence-corrected chi connectivity index (χ3v) is 7.89. The number of thiazole rings is 1. The fourth-order valence-electron chi connectivity index (χ4n) is 3.05. The van der Waals surface area contributed by atoms with Gasteiger partial charge in [-0.05, 0) is 32.2 Å². The van der Waals surface area contributed by atoms with E-state index in [1.165, 1.54) is 24.3 Å². The summed E-state index contributed by atoms with van der Waals surface area (Å²) < 4.78 is 32.8. The van der Waals surface area contributed by atoms with Crippen molar-refractivity contribution in [2.24, 2.45) is 0 Å². The highest BCUT2D eigenvalue weighted by Crippen LogP contribution is 2.20. The van der Waals surface area contributed by atoms with Crippen molar-refractivity contribution >= 4 is 43.7 Å². The molecule has 0 aromatic carbocycles. The minimum atomic E-state index is -3.71. The Morgan fingerprint density at radius 2 is 2.07 bits per heavy atom. The third-order valence-electron chi connectivity index (χ3n) is 4.15. The van der Waals surface area contributed by atoms with Gasteiger partial charge in [-0.3, -0.25) is 9.69 Å². The molecule has 1 fully saturated rings. The molecule has 0 bridgehead atoms. The molecule has 0 aliphatic carbocycles. The molecule has 11 heteroatoms. The molecule has 8 nitrogen and oxygen atoms in total. The normalized spacial score (nSPS) is 22.1. The average Bonchev–Trinajstić information content (AvgIpc) is 3.26. The molecule has 1 amide bonds. The second-order valence-electron chi connectivity index (χ2n) is 6.86. The van der Waals surface area contributed by atoms with E-state index in [0.717, 1.165) is 30.1 Å². The molecule has 28 heavy (non-hydrogen) atoms. The van der Waals surface area contributed by atoms with Gasteiger partial charge >= 0.3 is 0 Å². The number of sulfonamides is 1. The minimum Gasteiger partial charge on any atom is -0.373 e. The number of aromatic nitrogens is 1. The van der Waals surface area contributed by atoms with Crippen molar-refractivity contribution in [2.45, 2.75) is 49.8 Å². The van der Waals surface area contributed by atoms with Crippen LogP contribution in [0.3, 0.4) is 0 Å². The van der Waals surface area contributed by atoms with Gasteiger partial charge in [0.15, 0.2) is 5.13 Å². The van der Waals surface area contributed by atoms with Crippen molar-refractivity contribution in [1.82, 2.24) is 14.6 Å². The van der Waals surface area contributed by atoms with Crippen molar-refractivity contribution in [2.75, 3.05) is 18.4 Å². The summed E-state index contributed by atoms with van der Waals surface area (Å²) in [6.07, 6.45) is 0.359. The fourth-order valence-corrected chi connectivity index (χ4v) is 5.97. The first-order valence-electron chi connectivity index (χ1n) is 8.92. The van der Waals surface area contributed by atoms with E-state index in [0.29, 0.717) is 11.7 Å². The van der Waals surface area contributed by atoms with Gasteiger partial charge in [-0.1, -0.05) is 6.07 Å². The van der Waals surface area contributed by atoms with E-state index in [2.05, 4.69) is 19.9 Å². The van der Waals surface area contributed by atoms with E-state index in [-0.39, 0.29) is 16.4 Å². The highest BCUT2D eigenvalue weighted by atomic mass is 32.2. The summed E-state index contributed by atoms with van der Waals surface area (Å²) in [5, 5.41) is 6.72. The molecule has 0 radical (unpaired) electrons. The van der Waals surface area contributed by atoms with Crippen molar-refractivity contribution in [3.05, 3.63) is 28.6 Å². The molecule has 3 atom stereocenters. The zero-order valence-corrected chi connectivity index (χ0v) is 18.4. The highest BCUT2D eigenvalue weighted by molar-refractivity contribution is 7.91. The number of hydrogen-bond donors (Lipinski definition) is 2. The Labute approximate surface area is 173 Å². The summed E-state index contributed by atoms with van der Waals surface area (Å²) in [6, 6.07) is 2.23. The van der Waals surface area contributed by atoms with Gasteiger partial charge < -0.3 is 10.1 Å². The van der Waals surface area contributed by atoms with Crippen LogP contribution in [-0.4, -0.2) is 55.5 Å². The predicted octanol–water partition coefficient (Wildman–Crippen LogP) is 2.12. The fraction of sp³-hybridized carbons (Fsp3) is 0.529. The van der Waals surface area contributed by atoms with Crippen molar-refractivity contribution in [3.63, 3.8) is 0 Å². The van der Waals surface area contributed by atoms with Crippen LogP contribution in [0.4, 0.5) is 5.13 Å². The predicted molar refractivity (Wildman–Crippen MR) is 110 cm³/mol. The standard InChI is InChI=1S/C17H24N4O4S3/c1-11-7-21(8-12(2)25-11)9-14-10-27-17(18-14)19-16(22)13(3)20-28(23,24)15-5-4-6-26-15/h4-6,10-13,20H,7-9H2,1-3H3,(H,18,19,22). The van der Waals surface area contributed by atoms with Crippen LogP contribution >= 0.6 is 22.7 Å². The number of rotatable bonds is 7. The lowest BCUT2D eigenvalue weighted by molar-refractivity contribution is -0.117. The van der Waals surface area contributed by atoms with Crippen LogP contribution in [0, 0.1) is 0 Å². The Balaban J connectivity index is 1.55. The second-order valence-corrected chi connectivity index (χ2v) is 10.6. The summed E-state index contributed by atoms with van der Waals surface area (Å²) in [5.41, 5.74) is 0.869. The van der Waals surface area contributed by atoms with Gasteiger partial charge in [0.05, 0.1) is 23.9 Å². The number of ether oxygens (including phenoxy) is 1. The summed E-state index contributed by atoms with van der Waals surface area (Å²) >= 11 is 2.43. The number of hydrogen-bond acceptors (Lipinski definition) is 8. The van der Waals surface area contributed by atoms with Crippen molar-refractivity contribution < 1.29 is 17.9 Å². The summed E-state index contributed by atoms with van der Waals surface area (Å²) in [5.74, 6) is -0.449. The maximum atomic E-state index is 12.4. The molecule has 2 aromatic heterocycles. The number of nitrogens with zero attached hydrogens (tertiary/aromatic N) is 2. The number of amides is 1. The van der Waals surface area contributed by atoms with Crippen LogP contribution in [0.15, 0.2) is 27.1 Å². The second kappa shape index (κ2) is 8.97. The van der Waals surface area contributed by atoms with E-state index in [4.69, 9.17) is 4.74 Å². The number of thiophene rings is 1. The molecule has 1 aliphatic rings. The van der Waals surface area contributed by atoms with Crippen LogP contribution < -0.4 is 10.0 Å². The van der Waals surface area contributed by atoms with Crippen LogP contribution in [0.2, 0.25) is 0 Å². The molecule has 1 aliphatic heterocycles. The third kappa shape index (κ3) is 5.58. The maximum absolute atomic E-state index is 12.4. The topological polar surface area (TPSA) is 101 Å². The van der Waals surface area contributed by atoms with E-state index >= 15 is 0 Å². The molecule has 1 saturated heterocycles. The summed E-state index contributed by atoms with van der Waals surface area (Å²) in [4.78, 5) is 19.1. The monoisotopic (exact) mass is 444 g/mol. The zero-order chi connectivity index (χ0) is 20.3. The summed E-state index contributed by atoms with van der Waals surface area (Å²) in [7, 11) is -3.71. The van der Waals surface area contributed by atoms with Crippen molar-refractivity contribution in [3.8, 4) is 0 Å². The first kappa shape index (κ1) is 21.3. The first-order valence-corrected chi connectivity index (χ1v) is 12.2. The van der Waals surface area contributed by atoms with Crippen LogP contribution in [0.5, 0.6) is 0 Å². The Kier molecular flexibility index (Phi) is 6.84. The molecule has 3 unspecified atom stereocenters. The molecule has 2 N–H and O–H groups in total. The van der Waals surface area contributed by atoms with Crippen LogP contribution in [0.25, 0.3) is 0 Å². The van der Waals surface area contributed by atoms with Gasteiger partial charge in [0, 0.05) is 25.0 Å². The largest absolute Gasteiger partial charge is 0.373 e. The molecular formula is C17H24N4O4S3. The average molecular weight is 445 g/mol. The highest BCUT2D eigenvalue weighted by Gasteiger charge is 2.25. The van der Waals surface area contributed by atoms with E-state index in [9.17, 15) is 13.2 Å². The molecule has 3 rings (SSSR count). The quantitative estimate of drug-likeness (QED) is 0.678. The van der Waals surface area contributed by atoms with Crippen LogP contribution in [0.1, 0.15) is 26.5 Å². The van der Waals surface area contributed by atoms with Gasteiger partial charge in [0.25, 0.3) is 10.0 Å². The molecule has 0 saturated carbocycles. The zero-order valence-electron chi connectivity index (χ0n) is 15.9. The van der Waals surface area contributed by atoms with E-state index < -0.39 is 22.0 Å². The van der Waals surface area contributed by atoms with Crippen molar-refractivity contribution in [1.29, 1.82) is 0 Å². The van der Waals surface area contributed by atoms with E-state index in [1.807, 2.05) is 19.2 Å². The smallest absolute Gasteiger partial charge is 0.250 e.